The van der Waals surface area contributed by atoms with Gasteiger partial charge in [0, 0.05) is 33.3 Å². The minimum Gasteiger partial charge on any atom is -0.376 e. The van der Waals surface area contributed by atoms with Crippen molar-refractivity contribution < 1.29 is 4.74 Å². The van der Waals surface area contributed by atoms with Crippen LogP contribution in [0.5, 0.6) is 0 Å². The smallest absolute Gasteiger partial charge is 0.191 e. The molecule has 1 aromatic carbocycles. The fraction of sp³-hybridized carbons (Fsp3) is 0.667. The minimum absolute atomic E-state index is 0.325. The molecule has 2 aliphatic rings. The molecule has 1 aromatic rings. The van der Waals surface area contributed by atoms with Crippen molar-refractivity contribution in [1.82, 2.24) is 15.5 Å². The van der Waals surface area contributed by atoms with Crippen molar-refractivity contribution in [1.29, 1.82) is 0 Å². The highest BCUT2D eigenvalue weighted by atomic mass is 16.5. The fourth-order valence-electron chi connectivity index (χ4n) is 3.66. The van der Waals surface area contributed by atoms with E-state index in [2.05, 4.69) is 51.7 Å². The average molecular weight is 359 g/mol. The lowest BCUT2D eigenvalue weighted by molar-refractivity contribution is 0.114. The minimum atomic E-state index is 0.325. The van der Waals surface area contributed by atoms with E-state index < -0.39 is 0 Å². The zero-order chi connectivity index (χ0) is 18.2. The summed E-state index contributed by atoms with van der Waals surface area (Å²) in [6.45, 7) is 8.41. The van der Waals surface area contributed by atoms with Crippen LogP contribution in [-0.2, 0) is 17.8 Å². The van der Waals surface area contributed by atoms with Gasteiger partial charge in [-0.05, 0) is 55.8 Å². The van der Waals surface area contributed by atoms with Gasteiger partial charge in [-0.2, -0.15) is 0 Å². The van der Waals surface area contributed by atoms with Gasteiger partial charge in [0.25, 0.3) is 0 Å². The van der Waals surface area contributed by atoms with Crippen LogP contribution in [0.25, 0.3) is 0 Å². The fourth-order valence-corrected chi connectivity index (χ4v) is 3.66. The third-order valence-corrected chi connectivity index (χ3v) is 5.51. The quantitative estimate of drug-likeness (QED) is 0.606. The molecule has 0 radical (unpaired) electrons. The van der Waals surface area contributed by atoms with E-state index in [0.717, 1.165) is 44.5 Å². The van der Waals surface area contributed by atoms with Gasteiger partial charge in [-0.15, -0.1) is 0 Å². The molecule has 2 N–H and O–H groups in total. The van der Waals surface area contributed by atoms with E-state index in [1.807, 2.05) is 7.05 Å². The molecule has 0 spiro atoms. The van der Waals surface area contributed by atoms with E-state index in [9.17, 15) is 0 Å². The molecule has 0 aromatic heterocycles. The van der Waals surface area contributed by atoms with Crippen molar-refractivity contribution in [3.63, 3.8) is 0 Å². The largest absolute Gasteiger partial charge is 0.376 e. The standard InChI is InChI=1S/C21H34N4O/c1-17-9-11-25(12-10-17)16-19-7-5-18(6-8-19)14-23-21(22-2)24-15-20-4-3-13-26-20/h5-8,17,20H,3-4,9-16H2,1-2H3,(H2,22,23,24). The molecule has 0 aliphatic carbocycles. The summed E-state index contributed by atoms with van der Waals surface area (Å²) < 4.78 is 5.64. The van der Waals surface area contributed by atoms with Gasteiger partial charge < -0.3 is 15.4 Å². The molecule has 5 heteroatoms. The zero-order valence-corrected chi connectivity index (χ0v) is 16.3. The summed E-state index contributed by atoms with van der Waals surface area (Å²) in [4.78, 5) is 6.87. The highest BCUT2D eigenvalue weighted by molar-refractivity contribution is 5.79. The molecule has 0 amide bonds. The van der Waals surface area contributed by atoms with Crippen LogP contribution in [0.1, 0.15) is 43.7 Å². The van der Waals surface area contributed by atoms with E-state index in [0.29, 0.717) is 6.10 Å². The summed E-state index contributed by atoms with van der Waals surface area (Å²) in [7, 11) is 1.81. The number of nitrogens with one attached hydrogen (secondary N) is 2. The highest BCUT2D eigenvalue weighted by Crippen LogP contribution is 2.18. The molecule has 26 heavy (non-hydrogen) atoms. The highest BCUT2D eigenvalue weighted by Gasteiger charge is 2.16. The number of piperidine rings is 1. The molecule has 0 bridgehead atoms. The summed E-state index contributed by atoms with van der Waals surface area (Å²) in [5.41, 5.74) is 2.69. The van der Waals surface area contributed by atoms with Crippen LogP contribution in [-0.4, -0.2) is 50.3 Å². The molecule has 1 unspecified atom stereocenters. The van der Waals surface area contributed by atoms with Gasteiger partial charge in [-0.25, -0.2) is 0 Å². The van der Waals surface area contributed by atoms with Gasteiger partial charge >= 0.3 is 0 Å². The number of ether oxygens (including phenoxy) is 1. The first-order chi connectivity index (χ1) is 12.7. The zero-order valence-electron chi connectivity index (χ0n) is 16.3. The predicted octanol–water partition coefficient (Wildman–Crippen LogP) is 2.76. The molecule has 2 aliphatic heterocycles. The van der Waals surface area contributed by atoms with Gasteiger partial charge in [0.15, 0.2) is 5.96 Å². The molecule has 144 valence electrons. The normalized spacial score (nSPS) is 22.5. The molecule has 0 saturated carbocycles. The average Bonchev–Trinajstić information content (AvgIpc) is 3.18. The Hall–Kier alpha value is -1.59. The van der Waals surface area contributed by atoms with E-state index in [4.69, 9.17) is 4.74 Å². The Kier molecular flexibility index (Phi) is 7.32. The Balaban J connectivity index is 1.40. The van der Waals surface area contributed by atoms with Crippen LogP contribution in [0.2, 0.25) is 0 Å². The van der Waals surface area contributed by atoms with Crippen molar-refractivity contribution in [3.05, 3.63) is 35.4 Å². The van der Waals surface area contributed by atoms with Crippen LogP contribution >= 0.6 is 0 Å². The van der Waals surface area contributed by atoms with Gasteiger partial charge in [0.1, 0.15) is 0 Å². The molecule has 1 atom stereocenters. The Labute approximate surface area is 158 Å². The van der Waals surface area contributed by atoms with Crippen molar-refractivity contribution in [3.8, 4) is 0 Å². The Morgan fingerprint density at radius 1 is 1.12 bits per heavy atom. The van der Waals surface area contributed by atoms with Crippen LogP contribution < -0.4 is 10.6 Å². The summed E-state index contributed by atoms with van der Waals surface area (Å²) >= 11 is 0. The van der Waals surface area contributed by atoms with E-state index in [-0.39, 0.29) is 0 Å². The molecular weight excluding hydrogens is 324 g/mol. The molecular formula is C21H34N4O. The van der Waals surface area contributed by atoms with Crippen molar-refractivity contribution in [2.24, 2.45) is 10.9 Å². The van der Waals surface area contributed by atoms with Gasteiger partial charge in [0.05, 0.1) is 6.10 Å². The van der Waals surface area contributed by atoms with Crippen LogP contribution in [0, 0.1) is 5.92 Å². The number of rotatable bonds is 6. The van der Waals surface area contributed by atoms with E-state index in [1.165, 1.54) is 43.5 Å². The summed E-state index contributed by atoms with van der Waals surface area (Å²) in [5.74, 6) is 1.73. The molecule has 5 nitrogen and oxygen atoms in total. The molecule has 2 saturated heterocycles. The number of guanidine groups is 1. The lowest BCUT2D eigenvalue weighted by Gasteiger charge is -2.30. The first-order valence-electron chi connectivity index (χ1n) is 10.1. The van der Waals surface area contributed by atoms with Crippen molar-refractivity contribution >= 4 is 5.96 Å². The van der Waals surface area contributed by atoms with Crippen molar-refractivity contribution in [2.75, 3.05) is 33.3 Å². The van der Waals surface area contributed by atoms with Crippen molar-refractivity contribution in [2.45, 2.75) is 51.8 Å². The predicted molar refractivity (Wildman–Crippen MR) is 107 cm³/mol. The number of hydrogen-bond donors (Lipinski definition) is 2. The molecule has 2 fully saturated rings. The lowest BCUT2D eigenvalue weighted by atomic mass is 9.99. The first-order valence-corrected chi connectivity index (χ1v) is 10.1. The Morgan fingerprint density at radius 2 is 1.85 bits per heavy atom. The van der Waals surface area contributed by atoms with Gasteiger partial charge in [-0.1, -0.05) is 31.2 Å². The van der Waals surface area contributed by atoms with E-state index in [1.54, 1.807) is 0 Å². The summed E-state index contributed by atoms with van der Waals surface area (Å²) in [5, 5.41) is 6.75. The number of aliphatic imine (C=N–C) groups is 1. The second-order valence-electron chi connectivity index (χ2n) is 7.72. The Morgan fingerprint density at radius 3 is 2.50 bits per heavy atom. The third kappa shape index (κ3) is 5.99. The van der Waals surface area contributed by atoms with Crippen LogP contribution in [0.15, 0.2) is 29.3 Å². The molecule has 3 rings (SSSR count). The van der Waals surface area contributed by atoms with Crippen LogP contribution in [0.3, 0.4) is 0 Å². The SMILES string of the molecule is CN=C(NCc1ccc(CN2CCC(C)CC2)cc1)NCC1CCCO1. The summed E-state index contributed by atoms with van der Waals surface area (Å²) in [6, 6.07) is 8.97. The topological polar surface area (TPSA) is 48.9 Å². The van der Waals surface area contributed by atoms with Gasteiger partial charge in [0.2, 0.25) is 0 Å². The van der Waals surface area contributed by atoms with E-state index >= 15 is 0 Å². The maximum absolute atomic E-state index is 5.64. The third-order valence-electron chi connectivity index (χ3n) is 5.51. The lowest BCUT2D eigenvalue weighted by Crippen LogP contribution is -2.40. The molecule has 2 heterocycles. The Bertz CT molecular complexity index is 558. The second-order valence-corrected chi connectivity index (χ2v) is 7.72. The number of hydrogen-bond acceptors (Lipinski definition) is 3. The van der Waals surface area contributed by atoms with Gasteiger partial charge in [-0.3, -0.25) is 9.89 Å². The maximum Gasteiger partial charge on any atom is 0.191 e. The monoisotopic (exact) mass is 358 g/mol. The number of nitrogens with zero attached hydrogens (tertiary/aromatic N) is 2. The second kappa shape index (κ2) is 9.93. The summed E-state index contributed by atoms with van der Waals surface area (Å²) in [6.07, 6.45) is 5.30. The number of benzene rings is 1. The van der Waals surface area contributed by atoms with Crippen LogP contribution in [0.4, 0.5) is 0 Å². The number of likely N-dealkylation sites (tertiary alicyclic amines) is 1. The maximum atomic E-state index is 5.64. The first kappa shape index (κ1) is 19.2.